The van der Waals surface area contributed by atoms with Crippen molar-refractivity contribution < 1.29 is 18.3 Å². The van der Waals surface area contributed by atoms with E-state index in [0.29, 0.717) is 43.7 Å². The average Bonchev–Trinajstić information content (AvgIpc) is 2.96. The lowest BCUT2D eigenvalue weighted by atomic mass is 9.97. The van der Waals surface area contributed by atoms with E-state index in [2.05, 4.69) is 0 Å². The van der Waals surface area contributed by atoms with Gasteiger partial charge in [0, 0.05) is 25.3 Å². The molecule has 1 aromatic carbocycles. The van der Waals surface area contributed by atoms with Crippen molar-refractivity contribution >= 4 is 5.91 Å². The van der Waals surface area contributed by atoms with Crippen molar-refractivity contribution in [2.75, 3.05) is 19.8 Å². The lowest BCUT2D eigenvalue weighted by molar-refractivity contribution is -0.136. The molecule has 0 aromatic heterocycles. The SMILES string of the molecule is O=C(C1CCOC1)N1CCc2c(F)ccc(F)c2C1. The first-order valence-corrected chi connectivity index (χ1v) is 6.49. The monoisotopic (exact) mass is 267 g/mol. The van der Waals surface area contributed by atoms with Gasteiger partial charge in [-0.05, 0) is 30.5 Å². The molecule has 1 amide bonds. The molecule has 1 fully saturated rings. The molecule has 0 spiro atoms. The zero-order valence-corrected chi connectivity index (χ0v) is 10.5. The maximum Gasteiger partial charge on any atom is 0.228 e. The van der Waals surface area contributed by atoms with E-state index in [4.69, 9.17) is 4.74 Å². The van der Waals surface area contributed by atoms with Crippen LogP contribution in [0.3, 0.4) is 0 Å². The van der Waals surface area contributed by atoms with Gasteiger partial charge in [0.15, 0.2) is 0 Å². The predicted molar refractivity (Wildman–Crippen MR) is 64.4 cm³/mol. The molecule has 0 N–H and O–H groups in total. The van der Waals surface area contributed by atoms with Gasteiger partial charge in [0.1, 0.15) is 11.6 Å². The van der Waals surface area contributed by atoms with Crippen molar-refractivity contribution in [1.82, 2.24) is 4.90 Å². The molecule has 1 saturated heterocycles. The summed E-state index contributed by atoms with van der Waals surface area (Å²) in [6.45, 7) is 1.65. The number of ether oxygens (including phenoxy) is 1. The molecule has 5 heteroatoms. The predicted octanol–water partition coefficient (Wildman–Crippen LogP) is 1.89. The number of hydrogen-bond donors (Lipinski definition) is 0. The lowest BCUT2D eigenvalue weighted by Crippen LogP contribution is -2.40. The van der Waals surface area contributed by atoms with Gasteiger partial charge in [0.2, 0.25) is 5.91 Å². The van der Waals surface area contributed by atoms with Crippen LogP contribution in [0.15, 0.2) is 12.1 Å². The maximum absolute atomic E-state index is 13.7. The summed E-state index contributed by atoms with van der Waals surface area (Å²) in [7, 11) is 0. The second kappa shape index (κ2) is 4.89. The zero-order chi connectivity index (χ0) is 13.4. The van der Waals surface area contributed by atoms with E-state index in [0.717, 1.165) is 12.1 Å². The minimum Gasteiger partial charge on any atom is -0.381 e. The highest BCUT2D eigenvalue weighted by Gasteiger charge is 2.31. The molecule has 0 aliphatic carbocycles. The van der Waals surface area contributed by atoms with E-state index in [1.165, 1.54) is 0 Å². The summed E-state index contributed by atoms with van der Waals surface area (Å²) in [4.78, 5) is 13.9. The molecule has 2 heterocycles. The normalized spacial score (nSPS) is 22.4. The Labute approximate surface area is 110 Å². The van der Waals surface area contributed by atoms with Crippen LogP contribution >= 0.6 is 0 Å². The van der Waals surface area contributed by atoms with Gasteiger partial charge in [-0.15, -0.1) is 0 Å². The summed E-state index contributed by atoms with van der Waals surface area (Å²) in [6.07, 6.45) is 1.09. The summed E-state index contributed by atoms with van der Waals surface area (Å²) < 4.78 is 32.5. The summed E-state index contributed by atoms with van der Waals surface area (Å²) in [5.74, 6) is -0.950. The maximum atomic E-state index is 13.7. The molecule has 2 aliphatic heterocycles. The molecule has 3 nitrogen and oxygen atoms in total. The summed E-state index contributed by atoms with van der Waals surface area (Å²) in [5.41, 5.74) is 0.727. The van der Waals surface area contributed by atoms with Gasteiger partial charge in [-0.3, -0.25) is 4.79 Å². The number of hydrogen-bond acceptors (Lipinski definition) is 2. The van der Waals surface area contributed by atoms with Gasteiger partial charge < -0.3 is 9.64 Å². The fraction of sp³-hybridized carbons (Fsp3) is 0.500. The fourth-order valence-corrected chi connectivity index (χ4v) is 2.77. The largest absolute Gasteiger partial charge is 0.381 e. The molecule has 1 aromatic rings. The van der Waals surface area contributed by atoms with Crippen LogP contribution in [-0.4, -0.2) is 30.6 Å². The summed E-state index contributed by atoms with van der Waals surface area (Å²) in [6, 6.07) is 2.28. The van der Waals surface area contributed by atoms with E-state index in [1.807, 2.05) is 0 Å². The van der Waals surface area contributed by atoms with Crippen LogP contribution in [0.5, 0.6) is 0 Å². The molecular formula is C14H15F2NO2. The van der Waals surface area contributed by atoms with E-state index in [-0.39, 0.29) is 24.2 Å². The number of benzene rings is 1. The highest BCUT2D eigenvalue weighted by Crippen LogP contribution is 2.26. The Morgan fingerprint density at radius 3 is 2.68 bits per heavy atom. The Kier molecular flexibility index (Phi) is 3.22. The quantitative estimate of drug-likeness (QED) is 0.777. The third-order valence-corrected chi connectivity index (χ3v) is 3.89. The standard InChI is InChI=1S/C14H15F2NO2/c15-12-1-2-13(16)11-7-17(5-3-10(11)12)14(18)9-4-6-19-8-9/h1-2,9H,3-8H2. The molecule has 1 unspecified atom stereocenters. The molecule has 19 heavy (non-hydrogen) atoms. The second-order valence-corrected chi connectivity index (χ2v) is 5.06. The van der Waals surface area contributed by atoms with Crippen molar-refractivity contribution in [1.29, 1.82) is 0 Å². The highest BCUT2D eigenvalue weighted by molar-refractivity contribution is 5.79. The third-order valence-electron chi connectivity index (χ3n) is 3.89. The highest BCUT2D eigenvalue weighted by atomic mass is 19.1. The van der Waals surface area contributed by atoms with Crippen LogP contribution in [0, 0.1) is 17.6 Å². The van der Waals surface area contributed by atoms with Crippen LogP contribution < -0.4 is 0 Å². The van der Waals surface area contributed by atoms with Crippen molar-refractivity contribution in [3.8, 4) is 0 Å². The Morgan fingerprint density at radius 1 is 1.26 bits per heavy atom. The van der Waals surface area contributed by atoms with Gasteiger partial charge in [0.05, 0.1) is 12.5 Å². The molecule has 2 aliphatic rings. The number of rotatable bonds is 1. The van der Waals surface area contributed by atoms with Crippen molar-refractivity contribution in [2.45, 2.75) is 19.4 Å². The number of amides is 1. The average molecular weight is 267 g/mol. The van der Waals surface area contributed by atoms with Crippen LogP contribution in [0.1, 0.15) is 17.5 Å². The Hall–Kier alpha value is -1.49. The molecular weight excluding hydrogens is 252 g/mol. The minimum atomic E-state index is -0.434. The van der Waals surface area contributed by atoms with Crippen molar-refractivity contribution in [3.05, 3.63) is 34.9 Å². The molecule has 0 bridgehead atoms. The van der Waals surface area contributed by atoms with Gasteiger partial charge >= 0.3 is 0 Å². The molecule has 102 valence electrons. The van der Waals surface area contributed by atoms with Crippen LogP contribution in [0.25, 0.3) is 0 Å². The summed E-state index contributed by atoms with van der Waals surface area (Å²) in [5, 5.41) is 0. The minimum absolute atomic E-state index is 0.00758. The van der Waals surface area contributed by atoms with Crippen LogP contribution in [0.2, 0.25) is 0 Å². The van der Waals surface area contributed by atoms with Crippen LogP contribution in [-0.2, 0) is 22.5 Å². The summed E-state index contributed by atoms with van der Waals surface area (Å²) >= 11 is 0. The number of carbonyl (C=O) groups is 1. The molecule has 0 radical (unpaired) electrons. The van der Waals surface area contributed by atoms with Gasteiger partial charge in [0.25, 0.3) is 0 Å². The van der Waals surface area contributed by atoms with E-state index in [9.17, 15) is 13.6 Å². The van der Waals surface area contributed by atoms with E-state index < -0.39 is 5.82 Å². The Bertz CT molecular complexity index is 512. The Balaban J connectivity index is 1.82. The number of fused-ring (bicyclic) bond motifs is 1. The van der Waals surface area contributed by atoms with Crippen molar-refractivity contribution in [3.63, 3.8) is 0 Å². The second-order valence-electron chi connectivity index (χ2n) is 5.06. The van der Waals surface area contributed by atoms with Gasteiger partial charge in [-0.25, -0.2) is 8.78 Å². The van der Waals surface area contributed by atoms with E-state index in [1.54, 1.807) is 4.90 Å². The van der Waals surface area contributed by atoms with Gasteiger partial charge in [-0.1, -0.05) is 0 Å². The van der Waals surface area contributed by atoms with Crippen molar-refractivity contribution in [2.24, 2.45) is 5.92 Å². The molecule has 1 atom stereocenters. The molecule has 0 saturated carbocycles. The smallest absolute Gasteiger partial charge is 0.228 e. The number of carbonyl (C=O) groups excluding carboxylic acids is 1. The fourth-order valence-electron chi connectivity index (χ4n) is 2.77. The third kappa shape index (κ3) is 2.23. The first kappa shape index (κ1) is 12.5. The number of halogens is 2. The first-order chi connectivity index (χ1) is 9.16. The van der Waals surface area contributed by atoms with Crippen LogP contribution in [0.4, 0.5) is 8.78 Å². The molecule has 3 rings (SSSR count). The lowest BCUT2D eigenvalue weighted by Gasteiger charge is -2.31. The van der Waals surface area contributed by atoms with Gasteiger partial charge in [-0.2, -0.15) is 0 Å². The first-order valence-electron chi connectivity index (χ1n) is 6.49. The number of nitrogens with zero attached hydrogens (tertiary/aromatic N) is 1. The zero-order valence-electron chi connectivity index (χ0n) is 10.5. The Morgan fingerprint density at radius 2 is 2.00 bits per heavy atom. The van der Waals surface area contributed by atoms with E-state index >= 15 is 0 Å². The topological polar surface area (TPSA) is 29.5 Å².